The maximum absolute atomic E-state index is 8.66. The number of hydrogen-bond acceptors (Lipinski definition) is 3. The molecule has 0 bridgehead atoms. The number of likely N-dealkylation sites (tertiary alicyclic amines) is 1. The van der Waals surface area contributed by atoms with Gasteiger partial charge in [-0.25, -0.2) is 0 Å². The predicted octanol–water partition coefficient (Wildman–Crippen LogP) is 1.40. The number of nitriles is 1. The van der Waals surface area contributed by atoms with Crippen LogP contribution in [0.2, 0.25) is 0 Å². The first kappa shape index (κ1) is 9.57. The van der Waals surface area contributed by atoms with Crippen LogP contribution in [0.15, 0.2) is 22.9 Å². The minimum atomic E-state index is 0.0752. The molecular weight excluding hydrogens is 198 g/mol. The summed E-state index contributed by atoms with van der Waals surface area (Å²) in [6, 6.07) is 2.25. The lowest BCUT2D eigenvalue weighted by atomic mass is 10.00. The van der Waals surface area contributed by atoms with Crippen molar-refractivity contribution in [2.24, 2.45) is 5.92 Å². The lowest BCUT2D eigenvalue weighted by Crippen LogP contribution is -2.56. The molecule has 2 aliphatic rings. The van der Waals surface area contributed by atoms with Crippen LogP contribution in [0.1, 0.15) is 6.92 Å². The van der Waals surface area contributed by atoms with E-state index in [9.17, 15) is 0 Å². The Balaban J connectivity index is 2.02. The van der Waals surface area contributed by atoms with E-state index in [1.54, 1.807) is 0 Å². The molecule has 0 amide bonds. The number of nitrogens with zero attached hydrogens (tertiary/aromatic N) is 2. The summed E-state index contributed by atoms with van der Waals surface area (Å²) in [5.41, 5.74) is 1.09. The number of halogens is 1. The molecule has 14 heavy (non-hydrogen) atoms. The highest BCUT2D eigenvalue weighted by atomic mass is 35.5. The Morgan fingerprint density at radius 3 is 3.00 bits per heavy atom. The summed E-state index contributed by atoms with van der Waals surface area (Å²) in [6.45, 7) is 3.62. The van der Waals surface area contributed by atoms with Crippen LogP contribution in [-0.2, 0) is 0 Å². The van der Waals surface area contributed by atoms with Gasteiger partial charge in [-0.2, -0.15) is 5.26 Å². The molecule has 74 valence electrons. The standard InChI is InChI=1S/C10H12ClN3/c1-7-2-3-13-10(9(7)11)14-5-8(4-12)6-14/h2-3,8,10,13H,5-6H2,1H3. The summed E-state index contributed by atoms with van der Waals surface area (Å²) >= 11 is 6.17. The van der Waals surface area contributed by atoms with E-state index < -0.39 is 0 Å². The Morgan fingerprint density at radius 2 is 2.36 bits per heavy atom. The fourth-order valence-corrected chi connectivity index (χ4v) is 1.97. The van der Waals surface area contributed by atoms with E-state index in [0.29, 0.717) is 0 Å². The SMILES string of the molecule is CC1=C(Cl)C(N2CC(C#N)C2)NC=C1. The first-order chi connectivity index (χ1) is 6.72. The molecular formula is C10H12ClN3. The van der Waals surface area contributed by atoms with Crippen LogP contribution >= 0.6 is 11.6 Å². The molecule has 1 fully saturated rings. The molecule has 0 saturated carbocycles. The highest BCUT2D eigenvalue weighted by Crippen LogP contribution is 2.26. The molecule has 4 heteroatoms. The van der Waals surface area contributed by atoms with Crippen molar-refractivity contribution in [2.75, 3.05) is 13.1 Å². The third kappa shape index (κ3) is 1.52. The molecule has 1 unspecified atom stereocenters. The molecule has 0 aromatic rings. The average molecular weight is 210 g/mol. The van der Waals surface area contributed by atoms with Gasteiger partial charge < -0.3 is 5.32 Å². The van der Waals surface area contributed by atoms with Crippen molar-refractivity contribution >= 4 is 11.6 Å². The number of nitrogens with one attached hydrogen (secondary N) is 1. The van der Waals surface area contributed by atoms with Crippen molar-refractivity contribution in [1.82, 2.24) is 10.2 Å². The summed E-state index contributed by atoms with van der Waals surface area (Å²) in [5.74, 6) is 0.174. The molecule has 0 aliphatic carbocycles. The molecule has 0 radical (unpaired) electrons. The first-order valence-corrected chi connectivity index (χ1v) is 5.02. The zero-order valence-corrected chi connectivity index (χ0v) is 8.75. The smallest absolute Gasteiger partial charge is 0.116 e. The third-order valence-electron chi connectivity index (χ3n) is 2.66. The Hall–Kier alpha value is -0.980. The minimum absolute atomic E-state index is 0.0752. The largest absolute Gasteiger partial charge is 0.371 e. The average Bonchev–Trinajstić information content (AvgIpc) is 2.10. The Labute approximate surface area is 88.6 Å². The maximum atomic E-state index is 8.66. The monoisotopic (exact) mass is 209 g/mol. The predicted molar refractivity (Wildman–Crippen MR) is 55.3 cm³/mol. The zero-order chi connectivity index (χ0) is 10.1. The quantitative estimate of drug-likeness (QED) is 0.710. The van der Waals surface area contributed by atoms with Gasteiger partial charge in [0, 0.05) is 13.1 Å². The molecule has 2 rings (SSSR count). The molecule has 2 heterocycles. The van der Waals surface area contributed by atoms with E-state index in [4.69, 9.17) is 16.9 Å². The van der Waals surface area contributed by atoms with Crippen LogP contribution in [-0.4, -0.2) is 24.2 Å². The van der Waals surface area contributed by atoms with E-state index in [-0.39, 0.29) is 12.1 Å². The fourth-order valence-electron chi connectivity index (χ4n) is 1.70. The van der Waals surface area contributed by atoms with Crippen LogP contribution in [0, 0.1) is 17.2 Å². The van der Waals surface area contributed by atoms with Crippen LogP contribution in [0.3, 0.4) is 0 Å². The number of allylic oxidation sites excluding steroid dienone is 2. The van der Waals surface area contributed by atoms with E-state index in [1.165, 1.54) is 0 Å². The van der Waals surface area contributed by atoms with E-state index >= 15 is 0 Å². The lowest BCUT2D eigenvalue weighted by molar-refractivity contribution is 0.0896. The van der Waals surface area contributed by atoms with Gasteiger partial charge in [-0.3, -0.25) is 4.90 Å². The summed E-state index contributed by atoms with van der Waals surface area (Å²) in [6.07, 6.45) is 3.94. The third-order valence-corrected chi connectivity index (χ3v) is 3.17. The van der Waals surface area contributed by atoms with Crippen molar-refractivity contribution in [3.8, 4) is 6.07 Å². The van der Waals surface area contributed by atoms with Crippen LogP contribution in [0.25, 0.3) is 0 Å². The zero-order valence-electron chi connectivity index (χ0n) is 8.00. The Kier molecular flexibility index (Phi) is 2.49. The lowest BCUT2D eigenvalue weighted by Gasteiger charge is -2.42. The van der Waals surface area contributed by atoms with Crippen molar-refractivity contribution in [3.63, 3.8) is 0 Å². The summed E-state index contributed by atoms with van der Waals surface area (Å²) < 4.78 is 0. The van der Waals surface area contributed by atoms with Gasteiger partial charge in [0.2, 0.25) is 0 Å². The number of hydrogen-bond donors (Lipinski definition) is 1. The summed E-state index contributed by atoms with van der Waals surface area (Å²) in [5, 5.41) is 12.7. The second-order valence-electron chi connectivity index (χ2n) is 3.71. The van der Waals surface area contributed by atoms with E-state index in [0.717, 1.165) is 23.7 Å². The minimum Gasteiger partial charge on any atom is -0.371 e. The van der Waals surface area contributed by atoms with Crippen LogP contribution in [0.5, 0.6) is 0 Å². The van der Waals surface area contributed by atoms with Crippen LogP contribution < -0.4 is 5.32 Å². The molecule has 2 aliphatic heterocycles. The molecule has 1 saturated heterocycles. The van der Waals surface area contributed by atoms with Gasteiger partial charge in [-0.15, -0.1) is 0 Å². The van der Waals surface area contributed by atoms with E-state index in [2.05, 4.69) is 16.3 Å². The van der Waals surface area contributed by atoms with Crippen LogP contribution in [0.4, 0.5) is 0 Å². The molecule has 0 aromatic heterocycles. The second-order valence-corrected chi connectivity index (χ2v) is 4.12. The van der Waals surface area contributed by atoms with Gasteiger partial charge in [0.15, 0.2) is 0 Å². The second kappa shape index (κ2) is 3.64. The molecule has 1 atom stereocenters. The summed E-state index contributed by atoms with van der Waals surface area (Å²) in [7, 11) is 0. The van der Waals surface area contributed by atoms with E-state index in [1.807, 2.05) is 19.2 Å². The normalized spacial score (nSPS) is 28.2. The van der Waals surface area contributed by atoms with Gasteiger partial charge in [0.05, 0.1) is 17.0 Å². The molecule has 0 spiro atoms. The maximum Gasteiger partial charge on any atom is 0.116 e. The molecule has 1 N–H and O–H groups in total. The fraction of sp³-hybridized carbons (Fsp3) is 0.500. The molecule has 0 aromatic carbocycles. The van der Waals surface area contributed by atoms with Crippen molar-refractivity contribution in [2.45, 2.75) is 13.1 Å². The Morgan fingerprint density at radius 1 is 1.64 bits per heavy atom. The van der Waals surface area contributed by atoms with Crippen molar-refractivity contribution < 1.29 is 0 Å². The van der Waals surface area contributed by atoms with Gasteiger partial charge in [-0.05, 0) is 24.8 Å². The highest BCUT2D eigenvalue weighted by molar-refractivity contribution is 6.30. The summed E-state index contributed by atoms with van der Waals surface area (Å²) in [4.78, 5) is 2.17. The highest BCUT2D eigenvalue weighted by Gasteiger charge is 2.34. The molecule has 3 nitrogen and oxygen atoms in total. The Bertz CT molecular complexity index is 334. The topological polar surface area (TPSA) is 39.1 Å². The first-order valence-electron chi connectivity index (χ1n) is 4.65. The van der Waals surface area contributed by atoms with Gasteiger partial charge in [0.25, 0.3) is 0 Å². The van der Waals surface area contributed by atoms with Crippen molar-refractivity contribution in [1.29, 1.82) is 5.26 Å². The van der Waals surface area contributed by atoms with Gasteiger partial charge >= 0.3 is 0 Å². The number of dihydropyridines is 1. The van der Waals surface area contributed by atoms with Gasteiger partial charge in [0.1, 0.15) is 6.17 Å². The number of rotatable bonds is 1. The van der Waals surface area contributed by atoms with Crippen molar-refractivity contribution in [3.05, 3.63) is 22.9 Å². The van der Waals surface area contributed by atoms with Gasteiger partial charge in [-0.1, -0.05) is 11.6 Å².